The molecule has 0 aromatic heterocycles. The Morgan fingerprint density at radius 3 is 2.40 bits per heavy atom. The smallest absolute Gasteiger partial charge is 0.303 e. The summed E-state index contributed by atoms with van der Waals surface area (Å²) in [5.41, 5.74) is 0. The molecular formula is C14H25NO4S. The predicted octanol–water partition coefficient (Wildman–Crippen LogP) is 1.53. The van der Waals surface area contributed by atoms with E-state index in [1.807, 2.05) is 0 Å². The van der Waals surface area contributed by atoms with Gasteiger partial charge >= 0.3 is 5.97 Å². The van der Waals surface area contributed by atoms with E-state index in [1.165, 1.54) is 6.26 Å². The molecule has 1 saturated carbocycles. The van der Waals surface area contributed by atoms with E-state index < -0.39 is 15.8 Å². The Kier molecular flexibility index (Phi) is 5.07. The number of nitrogens with zero attached hydrogens (tertiary/aromatic N) is 1. The highest BCUT2D eigenvalue weighted by atomic mass is 32.2. The van der Waals surface area contributed by atoms with Crippen LogP contribution in [0.3, 0.4) is 0 Å². The molecule has 116 valence electrons. The van der Waals surface area contributed by atoms with E-state index in [2.05, 4.69) is 4.90 Å². The van der Waals surface area contributed by atoms with Crippen molar-refractivity contribution < 1.29 is 18.3 Å². The maximum atomic E-state index is 11.7. The number of likely N-dealkylation sites (tertiary alicyclic amines) is 1. The maximum absolute atomic E-state index is 11.7. The molecule has 1 heterocycles. The van der Waals surface area contributed by atoms with Crippen molar-refractivity contribution in [3.8, 4) is 0 Å². The van der Waals surface area contributed by atoms with E-state index >= 15 is 0 Å². The number of piperidine rings is 1. The van der Waals surface area contributed by atoms with Crippen molar-refractivity contribution in [2.24, 2.45) is 5.92 Å². The van der Waals surface area contributed by atoms with Crippen molar-refractivity contribution in [1.29, 1.82) is 0 Å². The number of carboxylic acid groups (broad SMARTS) is 1. The summed E-state index contributed by atoms with van der Waals surface area (Å²) in [6.07, 6.45) is 7.07. The Morgan fingerprint density at radius 2 is 1.85 bits per heavy atom. The van der Waals surface area contributed by atoms with Gasteiger partial charge in [0.05, 0.1) is 5.25 Å². The number of hydrogen-bond donors (Lipinski definition) is 1. The van der Waals surface area contributed by atoms with E-state index in [0.717, 1.165) is 51.6 Å². The largest absolute Gasteiger partial charge is 0.481 e. The first-order valence-corrected chi connectivity index (χ1v) is 9.46. The summed E-state index contributed by atoms with van der Waals surface area (Å²) in [6.45, 7) is 1.83. The second-order valence-electron chi connectivity index (χ2n) is 6.35. The summed E-state index contributed by atoms with van der Waals surface area (Å²) >= 11 is 0. The standard InChI is InChI=1S/C14H25NO4S/c1-20(18,19)13-4-2-3-12(10-13)15-7-5-11(6-8-15)9-14(16)17/h11-13H,2-10H2,1H3,(H,16,17). The number of carbonyl (C=O) groups is 1. The monoisotopic (exact) mass is 303 g/mol. The summed E-state index contributed by atoms with van der Waals surface area (Å²) in [6, 6.07) is 0.370. The zero-order valence-corrected chi connectivity index (χ0v) is 12.9. The Balaban J connectivity index is 1.86. The van der Waals surface area contributed by atoms with Crippen molar-refractivity contribution in [3.05, 3.63) is 0 Å². The molecule has 0 aromatic rings. The van der Waals surface area contributed by atoms with Crippen LogP contribution in [0.25, 0.3) is 0 Å². The lowest BCUT2D eigenvalue weighted by Crippen LogP contribution is -2.45. The quantitative estimate of drug-likeness (QED) is 0.852. The zero-order chi connectivity index (χ0) is 14.8. The third-order valence-corrected chi connectivity index (χ3v) is 6.47. The van der Waals surface area contributed by atoms with Gasteiger partial charge < -0.3 is 10.0 Å². The molecule has 2 fully saturated rings. The molecule has 2 aliphatic rings. The van der Waals surface area contributed by atoms with Crippen LogP contribution in [0.15, 0.2) is 0 Å². The van der Waals surface area contributed by atoms with Crippen LogP contribution >= 0.6 is 0 Å². The molecule has 1 aliphatic carbocycles. The summed E-state index contributed by atoms with van der Waals surface area (Å²) in [5.74, 6) is -0.420. The minimum atomic E-state index is -2.93. The molecule has 1 N–H and O–H groups in total. The molecule has 5 nitrogen and oxygen atoms in total. The minimum Gasteiger partial charge on any atom is -0.481 e. The molecule has 1 aliphatic heterocycles. The summed E-state index contributed by atoms with van der Waals surface area (Å²) in [4.78, 5) is 13.1. The van der Waals surface area contributed by atoms with E-state index in [-0.39, 0.29) is 17.6 Å². The molecular weight excluding hydrogens is 278 g/mol. The van der Waals surface area contributed by atoms with Crippen molar-refractivity contribution in [3.63, 3.8) is 0 Å². The first-order valence-electron chi connectivity index (χ1n) is 7.51. The summed E-state index contributed by atoms with van der Waals surface area (Å²) in [5, 5.41) is 8.64. The molecule has 0 bridgehead atoms. The van der Waals surface area contributed by atoms with Crippen LogP contribution in [-0.4, -0.2) is 55.0 Å². The molecule has 0 aromatic carbocycles. The summed E-state index contributed by atoms with van der Waals surface area (Å²) in [7, 11) is -2.93. The maximum Gasteiger partial charge on any atom is 0.303 e. The molecule has 6 heteroatoms. The van der Waals surface area contributed by atoms with Crippen molar-refractivity contribution >= 4 is 15.8 Å². The van der Waals surface area contributed by atoms with Crippen molar-refractivity contribution in [2.75, 3.05) is 19.3 Å². The Hall–Kier alpha value is -0.620. The van der Waals surface area contributed by atoms with Gasteiger partial charge in [-0.05, 0) is 51.1 Å². The van der Waals surface area contributed by atoms with Crippen molar-refractivity contribution in [2.45, 2.75) is 56.2 Å². The Morgan fingerprint density at radius 1 is 1.20 bits per heavy atom. The minimum absolute atomic E-state index is 0.182. The van der Waals surface area contributed by atoms with Gasteiger partial charge in [0.2, 0.25) is 0 Å². The number of hydrogen-bond acceptors (Lipinski definition) is 4. The highest BCUT2D eigenvalue weighted by molar-refractivity contribution is 7.91. The molecule has 0 amide bonds. The van der Waals surface area contributed by atoms with Crippen LogP contribution in [0.1, 0.15) is 44.9 Å². The van der Waals surface area contributed by atoms with Gasteiger partial charge in [0.15, 0.2) is 0 Å². The van der Waals surface area contributed by atoms with Crippen LogP contribution in [0.5, 0.6) is 0 Å². The van der Waals surface area contributed by atoms with Gasteiger partial charge in [-0.3, -0.25) is 4.79 Å². The van der Waals surface area contributed by atoms with E-state index in [4.69, 9.17) is 5.11 Å². The van der Waals surface area contributed by atoms with E-state index in [9.17, 15) is 13.2 Å². The SMILES string of the molecule is CS(=O)(=O)C1CCCC(N2CCC(CC(=O)O)CC2)C1. The average molecular weight is 303 g/mol. The van der Waals surface area contributed by atoms with E-state index in [1.54, 1.807) is 0 Å². The molecule has 2 rings (SSSR count). The average Bonchev–Trinajstić information content (AvgIpc) is 2.38. The first-order chi connectivity index (χ1) is 9.36. The lowest BCUT2D eigenvalue weighted by molar-refractivity contribution is -0.138. The van der Waals surface area contributed by atoms with Gasteiger partial charge in [0.1, 0.15) is 9.84 Å². The highest BCUT2D eigenvalue weighted by Crippen LogP contribution is 2.30. The lowest BCUT2D eigenvalue weighted by atomic mass is 9.89. The normalized spacial score (nSPS) is 30.2. The molecule has 0 radical (unpaired) electrons. The topological polar surface area (TPSA) is 74.7 Å². The van der Waals surface area contributed by atoms with Crippen LogP contribution in [0, 0.1) is 5.92 Å². The molecule has 0 spiro atoms. The van der Waals surface area contributed by atoms with Crippen LogP contribution in [-0.2, 0) is 14.6 Å². The van der Waals surface area contributed by atoms with E-state index in [0.29, 0.717) is 6.04 Å². The third-order valence-electron chi connectivity index (χ3n) is 4.83. The van der Waals surface area contributed by atoms with Gasteiger partial charge in [0, 0.05) is 18.7 Å². The number of sulfone groups is 1. The van der Waals surface area contributed by atoms with Crippen LogP contribution in [0.2, 0.25) is 0 Å². The number of aliphatic carboxylic acids is 1. The Bertz CT molecular complexity index is 440. The molecule has 2 atom stereocenters. The number of rotatable bonds is 4. The fraction of sp³-hybridized carbons (Fsp3) is 0.929. The van der Waals surface area contributed by atoms with Gasteiger partial charge in [-0.25, -0.2) is 8.42 Å². The van der Waals surface area contributed by atoms with Crippen LogP contribution in [0.4, 0.5) is 0 Å². The van der Waals surface area contributed by atoms with Gasteiger partial charge in [0.25, 0.3) is 0 Å². The first kappa shape index (κ1) is 15.8. The molecule has 1 saturated heterocycles. The zero-order valence-electron chi connectivity index (χ0n) is 12.1. The highest BCUT2D eigenvalue weighted by Gasteiger charge is 2.33. The van der Waals surface area contributed by atoms with Gasteiger partial charge in [-0.2, -0.15) is 0 Å². The fourth-order valence-corrected chi connectivity index (χ4v) is 4.78. The second kappa shape index (κ2) is 6.43. The van der Waals surface area contributed by atoms with Crippen molar-refractivity contribution in [1.82, 2.24) is 4.90 Å². The Labute approximate surface area is 121 Å². The van der Waals surface area contributed by atoms with Gasteiger partial charge in [-0.1, -0.05) is 6.42 Å². The second-order valence-corrected chi connectivity index (χ2v) is 8.67. The fourth-order valence-electron chi connectivity index (χ4n) is 3.61. The van der Waals surface area contributed by atoms with Crippen LogP contribution < -0.4 is 0 Å². The summed E-state index contributed by atoms with van der Waals surface area (Å²) < 4.78 is 23.4. The third kappa shape index (κ3) is 4.19. The molecule has 20 heavy (non-hydrogen) atoms. The predicted molar refractivity (Wildman–Crippen MR) is 77.4 cm³/mol. The number of carboxylic acids is 1. The van der Waals surface area contributed by atoms with Gasteiger partial charge in [-0.15, -0.1) is 0 Å². The molecule has 2 unspecified atom stereocenters. The lowest BCUT2D eigenvalue weighted by Gasteiger charge is -2.40.